The number of hydrogen-bond acceptors (Lipinski definition) is 12. The second kappa shape index (κ2) is 14.8. The fourth-order valence-corrected chi connectivity index (χ4v) is 10.2. The number of hydrogen-bond donors (Lipinski definition) is 6. The molecule has 13 nitrogen and oxygen atoms in total. The molecule has 1 heterocycles. The molecule has 0 aromatic heterocycles. The van der Waals surface area contributed by atoms with Crippen LogP contribution in [-0.2, 0) is 23.8 Å². The Kier molecular flexibility index (Phi) is 10.6. The molecule has 13 heteroatoms. The number of ether oxygens (including phenoxy) is 3. The smallest absolute Gasteiger partial charge is 0.338 e. The highest BCUT2D eigenvalue weighted by Gasteiger charge is 2.77. The van der Waals surface area contributed by atoms with Gasteiger partial charge in [-0.05, 0) is 61.7 Å². The predicted octanol–water partition coefficient (Wildman–Crippen LogP) is 3.15. The molecule has 2 bridgehead atoms. The third-order valence-electron chi connectivity index (χ3n) is 13.6. The number of nitrogens with one attached hydrogen (secondary N) is 1. The summed E-state index contributed by atoms with van der Waals surface area (Å²) >= 11 is 0. The Morgan fingerprint density at radius 3 is 2.02 bits per heavy atom. The number of amides is 1. The maximum Gasteiger partial charge on any atom is 0.338 e. The number of benzene rings is 3. The molecule has 0 radical (unpaired) electrons. The van der Waals surface area contributed by atoms with Gasteiger partial charge in [0.15, 0.2) is 11.9 Å². The number of aliphatic hydroxyl groups excluding tert-OH is 3. The minimum Gasteiger partial charge on any atom is -0.456 e. The standard InChI is InChI=1S/C45H51NO12/c1-23-17-19-26(20-18-23)31(46-39(51)27-13-9-7-10-14-27)33(48)41(53)57-29-21-45(55)38(58-40(52)28-15-11-8-12-16-28)34-43(6,35(49)25(3)37-44(34,54)22-56-37)36(50)32(47)30(24(29)2)42(45,4)5/h7-20,25,29,31-35,37-38,47-49,54-55H,21-22H2,1-6H3,(H,46,51)/t25?,29?,31?,32?,33?,34?,35?,37?,38?,43-,44?,45?/m0/s1. The van der Waals surface area contributed by atoms with Crippen molar-refractivity contribution >= 4 is 23.6 Å². The highest BCUT2D eigenvalue weighted by molar-refractivity contribution is 5.95. The summed E-state index contributed by atoms with van der Waals surface area (Å²) in [5.41, 5.74) is -6.02. The van der Waals surface area contributed by atoms with Crippen LogP contribution in [-0.4, -0.2) is 104 Å². The van der Waals surface area contributed by atoms with E-state index in [0.717, 1.165) is 5.56 Å². The molecule has 0 spiro atoms. The SMILES string of the molecule is CC1=C2C(O)C(=O)[C@]3(C)C(O)C(C)C4OCC4(O)C3C(OC(=O)c3ccccc3)C(O)(CC1OC(=O)C(O)C(NC(=O)c1ccccc1)c1ccc(C)cc1)C2(C)C. The van der Waals surface area contributed by atoms with E-state index in [1.165, 1.54) is 26.0 Å². The van der Waals surface area contributed by atoms with E-state index >= 15 is 0 Å². The molecule has 1 amide bonds. The lowest BCUT2D eigenvalue weighted by molar-refractivity contribution is -0.358. The summed E-state index contributed by atoms with van der Waals surface area (Å²) in [7, 11) is 0. The highest BCUT2D eigenvalue weighted by Crippen LogP contribution is 2.64. The zero-order chi connectivity index (χ0) is 42.1. The minimum atomic E-state index is -2.32. The van der Waals surface area contributed by atoms with E-state index in [1.54, 1.807) is 93.6 Å². The molecule has 4 aliphatic rings. The van der Waals surface area contributed by atoms with Crippen molar-refractivity contribution in [3.63, 3.8) is 0 Å². The molecule has 1 aliphatic heterocycles. The number of aryl methyl sites for hydroxylation is 1. The van der Waals surface area contributed by atoms with Crippen molar-refractivity contribution in [1.29, 1.82) is 0 Å². The molecule has 11 unspecified atom stereocenters. The Morgan fingerprint density at radius 2 is 1.45 bits per heavy atom. The lowest BCUT2D eigenvalue weighted by Crippen LogP contribution is -2.82. The van der Waals surface area contributed by atoms with Crippen LogP contribution in [0.3, 0.4) is 0 Å². The topological polar surface area (TPSA) is 209 Å². The largest absolute Gasteiger partial charge is 0.456 e. The van der Waals surface area contributed by atoms with E-state index in [1.807, 2.05) is 6.92 Å². The first kappa shape index (κ1) is 41.4. The van der Waals surface area contributed by atoms with Gasteiger partial charge in [-0.15, -0.1) is 0 Å². The normalized spacial score (nSPS) is 34.8. The van der Waals surface area contributed by atoms with Crippen molar-refractivity contribution in [2.24, 2.45) is 22.7 Å². The summed E-state index contributed by atoms with van der Waals surface area (Å²) in [5, 5.41) is 64.4. The number of esters is 2. The van der Waals surface area contributed by atoms with E-state index in [0.29, 0.717) is 5.56 Å². The summed E-state index contributed by atoms with van der Waals surface area (Å²) in [4.78, 5) is 56.5. The number of Topliss-reactive ketones (excluding diaryl/α,β-unsaturated/α-hetero) is 1. The van der Waals surface area contributed by atoms with Gasteiger partial charge in [0.1, 0.15) is 29.5 Å². The van der Waals surface area contributed by atoms with Crippen molar-refractivity contribution in [2.75, 3.05) is 6.61 Å². The fraction of sp³-hybridized carbons (Fsp3) is 0.467. The monoisotopic (exact) mass is 797 g/mol. The summed E-state index contributed by atoms with van der Waals surface area (Å²) in [6.45, 7) is 9.20. The third-order valence-corrected chi connectivity index (χ3v) is 13.6. The zero-order valence-electron chi connectivity index (χ0n) is 33.3. The number of ketones is 1. The lowest BCUT2D eigenvalue weighted by atomic mass is 9.43. The number of aliphatic hydroxyl groups is 5. The second-order valence-electron chi connectivity index (χ2n) is 17.2. The Morgan fingerprint density at radius 1 is 0.862 bits per heavy atom. The van der Waals surface area contributed by atoms with Crippen LogP contribution in [0.15, 0.2) is 96.1 Å². The third kappa shape index (κ3) is 6.30. The van der Waals surface area contributed by atoms with Crippen LogP contribution in [0.4, 0.5) is 0 Å². The number of carbonyl (C=O) groups excluding carboxylic acids is 4. The van der Waals surface area contributed by atoms with Crippen LogP contribution in [0.5, 0.6) is 0 Å². The number of rotatable bonds is 8. The van der Waals surface area contributed by atoms with Gasteiger partial charge in [-0.2, -0.15) is 0 Å². The lowest BCUT2D eigenvalue weighted by Gasteiger charge is -2.68. The fourth-order valence-electron chi connectivity index (χ4n) is 10.2. The van der Waals surface area contributed by atoms with Crippen LogP contribution in [0, 0.1) is 29.6 Å². The number of carbonyl (C=O) groups is 4. The van der Waals surface area contributed by atoms with Gasteiger partial charge >= 0.3 is 11.9 Å². The summed E-state index contributed by atoms with van der Waals surface area (Å²) < 4.78 is 18.1. The Bertz CT molecular complexity index is 2120. The Labute approximate surface area is 336 Å². The highest BCUT2D eigenvalue weighted by atomic mass is 16.6. The van der Waals surface area contributed by atoms with Crippen molar-refractivity contribution in [2.45, 2.75) is 102 Å². The van der Waals surface area contributed by atoms with Crippen LogP contribution in [0.2, 0.25) is 0 Å². The summed E-state index contributed by atoms with van der Waals surface area (Å²) in [6, 6.07) is 21.7. The molecule has 58 heavy (non-hydrogen) atoms. The first-order chi connectivity index (χ1) is 27.3. The van der Waals surface area contributed by atoms with Crippen molar-refractivity contribution in [3.05, 3.63) is 118 Å². The van der Waals surface area contributed by atoms with E-state index in [4.69, 9.17) is 14.2 Å². The van der Waals surface area contributed by atoms with Gasteiger partial charge in [-0.3, -0.25) is 9.59 Å². The molecule has 12 atom stereocenters. The first-order valence-electron chi connectivity index (χ1n) is 19.5. The molecule has 3 aliphatic carbocycles. The molecule has 3 fully saturated rings. The molecule has 7 rings (SSSR count). The molecular weight excluding hydrogens is 746 g/mol. The van der Waals surface area contributed by atoms with Crippen LogP contribution < -0.4 is 5.32 Å². The van der Waals surface area contributed by atoms with E-state index in [9.17, 15) is 44.7 Å². The second-order valence-corrected chi connectivity index (χ2v) is 17.2. The average Bonchev–Trinajstić information content (AvgIpc) is 3.20. The average molecular weight is 798 g/mol. The Balaban J connectivity index is 1.32. The van der Waals surface area contributed by atoms with Gasteiger partial charge in [0.2, 0.25) is 0 Å². The molecule has 1 saturated heterocycles. The van der Waals surface area contributed by atoms with E-state index < -0.39 is 107 Å². The quantitative estimate of drug-likeness (QED) is 0.144. The number of fused-ring (bicyclic) bond motifs is 5. The van der Waals surface area contributed by atoms with Gasteiger partial charge in [-0.1, -0.05) is 87.0 Å². The van der Waals surface area contributed by atoms with Gasteiger partial charge in [-0.25, -0.2) is 9.59 Å². The van der Waals surface area contributed by atoms with Gasteiger partial charge < -0.3 is 45.1 Å². The van der Waals surface area contributed by atoms with E-state index in [2.05, 4.69) is 5.32 Å². The molecule has 2 saturated carbocycles. The molecule has 6 N–H and O–H groups in total. The molecule has 3 aromatic rings. The summed E-state index contributed by atoms with van der Waals surface area (Å²) in [5.74, 6) is -5.90. The first-order valence-corrected chi connectivity index (χ1v) is 19.5. The van der Waals surface area contributed by atoms with Crippen LogP contribution in [0.25, 0.3) is 0 Å². The van der Waals surface area contributed by atoms with Crippen molar-refractivity contribution < 1.29 is 58.9 Å². The Hall–Kier alpha value is -4.76. The maximum atomic E-state index is 14.9. The van der Waals surface area contributed by atoms with Crippen LogP contribution in [0.1, 0.15) is 78.9 Å². The van der Waals surface area contributed by atoms with Crippen LogP contribution >= 0.6 is 0 Å². The zero-order valence-corrected chi connectivity index (χ0v) is 33.3. The van der Waals surface area contributed by atoms with Crippen molar-refractivity contribution in [1.82, 2.24) is 5.32 Å². The maximum absolute atomic E-state index is 14.9. The molecule has 308 valence electrons. The van der Waals surface area contributed by atoms with Gasteiger partial charge in [0, 0.05) is 29.2 Å². The van der Waals surface area contributed by atoms with E-state index in [-0.39, 0.29) is 28.9 Å². The van der Waals surface area contributed by atoms with Gasteiger partial charge in [0.05, 0.1) is 35.8 Å². The minimum absolute atomic E-state index is 0.0368. The molecular formula is C45H51NO12. The van der Waals surface area contributed by atoms with Crippen molar-refractivity contribution in [3.8, 4) is 0 Å². The molecule has 3 aromatic carbocycles. The summed E-state index contributed by atoms with van der Waals surface area (Å²) in [6.07, 6.45) is -10.2. The van der Waals surface area contributed by atoms with Gasteiger partial charge in [0.25, 0.3) is 5.91 Å². The predicted molar refractivity (Wildman–Crippen MR) is 208 cm³/mol.